The van der Waals surface area contributed by atoms with E-state index < -0.39 is 28.5 Å². The first-order valence-corrected chi connectivity index (χ1v) is 9.04. The highest BCUT2D eigenvalue weighted by Gasteiger charge is 2.22. The first kappa shape index (κ1) is 20.4. The zero-order valence-electron chi connectivity index (χ0n) is 14.7. The SMILES string of the molecule is CCOC(=O)[C@@H](CC)Sc1nc(N)c(NC(=O)c2ccccc2F)c(=O)[nH]1. The van der Waals surface area contributed by atoms with Crippen molar-refractivity contribution in [2.45, 2.75) is 30.7 Å². The van der Waals surface area contributed by atoms with Gasteiger partial charge in [-0.15, -0.1) is 0 Å². The Balaban J connectivity index is 2.22. The van der Waals surface area contributed by atoms with Crippen LogP contribution in [0.3, 0.4) is 0 Å². The Bertz CT molecular complexity index is 903. The largest absolute Gasteiger partial charge is 0.465 e. The second kappa shape index (κ2) is 9.17. The van der Waals surface area contributed by atoms with Crippen LogP contribution in [0.5, 0.6) is 0 Å². The topological polar surface area (TPSA) is 127 Å². The molecule has 144 valence electrons. The van der Waals surface area contributed by atoms with E-state index >= 15 is 0 Å². The summed E-state index contributed by atoms with van der Waals surface area (Å²) in [6.07, 6.45) is 0.457. The van der Waals surface area contributed by atoms with E-state index in [-0.39, 0.29) is 28.8 Å². The van der Waals surface area contributed by atoms with Crippen LogP contribution in [-0.2, 0) is 9.53 Å². The number of carbonyl (C=O) groups is 2. The number of halogens is 1. The number of amides is 1. The minimum Gasteiger partial charge on any atom is -0.465 e. The lowest BCUT2D eigenvalue weighted by Gasteiger charge is -2.13. The molecule has 0 spiro atoms. The number of aromatic nitrogens is 2. The molecule has 10 heteroatoms. The second-order valence-electron chi connectivity index (χ2n) is 5.33. The van der Waals surface area contributed by atoms with Gasteiger partial charge in [-0.3, -0.25) is 19.4 Å². The lowest BCUT2D eigenvalue weighted by atomic mass is 10.2. The molecule has 0 saturated heterocycles. The van der Waals surface area contributed by atoms with Crippen molar-refractivity contribution in [1.82, 2.24) is 9.97 Å². The molecule has 4 N–H and O–H groups in total. The Hall–Kier alpha value is -2.88. The number of H-pyrrole nitrogens is 1. The van der Waals surface area contributed by atoms with Crippen molar-refractivity contribution in [2.75, 3.05) is 17.7 Å². The highest BCUT2D eigenvalue weighted by molar-refractivity contribution is 8.00. The Morgan fingerprint density at radius 2 is 2.07 bits per heavy atom. The number of nitrogens with two attached hydrogens (primary N) is 1. The maximum Gasteiger partial charge on any atom is 0.319 e. The summed E-state index contributed by atoms with van der Waals surface area (Å²) >= 11 is 0.998. The monoisotopic (exact) mass is 394 g/mol. The fraction of sp³-hybridized carbons (Fsp3) is 0.294. The van der Waals surface area contributed by atoms with Gasteiger partial charge >= 0.3 is 5.97 Å². The number of rotatable bonds is 7. The lowest BCUT2D eigenvalue weighted by molar-refractivity contribution is -0.142. The quantitative estimate of drug-likeness (QED) is 0.373. The van der Waals surface area contributed by atoms with Crippen LogP contribution in [0.2, 0.25) is 0 Å². The number of nitrogen functional groups attached to an aromatic ring is 1. The number of hydrogen-bond donors (Lipinski definition) is 3. The van der Waals surface area contributed by atoms with Crippen LogP contribution < -0.4 is 16.6 Å². The smallest absolute Gasteiger partial charge is 0.319 e. The van der Waals surface area contributed by atoms with E-state index in [2.05, 4.69) is 15.3 Å². The first-order valence-electron chi connectivity index (χ1n) is 8.16. The molecule has 8 nitrogen and oxygen atoms in total. The van der Waals surface area contributed by atoms with Gasteiger partial charge in [0.25, 0.3) is 11.5 Å². The highest BCUT2D eigenvalue weighted by Crippen LogP contribution is 2.24. The van der Waals surface area contributed by atoms with Crippen molar-refractivity contribution >= 4 is 35.1 Å². The fourth-order valence-corrected chi connectivity index (χ4v) is 3.04. The number of ether oxygens (including phenoxy) is 1. The van der Waals surface area contributed by atoms with Crippen molar-refractivity contribution in [1.29, 1.82) is 0 Å². The Labute approximate surface area is 158 Å². The van der Waals surface area contributed by atoms with E-state index in [0.29, 0.717) is 6.42 Å². The number of esters is 1. The molecule has 1 heterocycles. The molecular formula is C17H19FN4O4S. The minimum atomic E-state index is -0.828. The zero-order valence-corrected chi connectivity index (χ0v) is 15.6. The summed E-state index contributed by atoms with van der Waals surface area (Å²) < 4.78 is 18.6. The maximum absolute atomic E-state index is 13.7. The molecule has 1 atom stereocenters. The van der Waals surface area contributed by atoms with Crippen LogP contribution in [0.4, 0.5) is 15.9 Å². The third kappa shape index (κ3) is 5.07. The molecular weight excluding hydrogens is 375 g/mol. The highest BCUT2D eigenvalue weighted by atomic mass is 32.2. The summed E-state index contributed by atoms with van der Waals surface area (Å²) in [5, 5.41) is 1.81. The summed E-state index contributed by atoms with van der Waals surface area (Å²) in [5.41, 5.74) is 4.53. The van der Waals surface area contributed by atoms with Crippen molar-refractivity contribution in [2.24, 2.45) is 0 Å². The molecule has 0 aliphatic heterocycles. The lowest BCUT2D eigenvalue weighted by Crippen LogP contribution is -2.25. The molecule has 0 bridgehead atoms. The second-order valence-corrected chi connectivity index (χ2v) is 6.52. The van der Waals surface area contributed by atoms with Gasteiger partial charge < -0.3 is 15.8 Å². The summed E-state index contributed by atoms with van der Waals surface area (Å²) in [6, 6.07) is 5.33. The van der Waals surface area contributed by atoms with E-state index in [0.717, 1.165) is 17.8 Å². The first-order chi connectivity index (χ1) is 12.9. The number of carbonyl (C=O) groups excluding carboxylic acids is 2. The van der Waals surface area contributed by atoms with Crippen LogP contribution in [0.25, 0.3) is 0 Å². The van der Waals surface area contributed by atoms with E-state index in [1.54, 1.807) is 13.8 Å². The van der Waals surface area contributed by atoms with Crippen LogP contribution in [-0.4, -0.2) is 33.7 Å². The molecule has 1 aromatic heterocycles. The molecule has 1 amide bonds. The van der Waals surface area contributed by atoms with Gasteiger partial charge in [-0.05, 0) is 25.5 Å². The van der Waals surface area contributed by atoms with Gasteiger partial charge in [0, 0.05) is 0 Å². The van der Waals surface area contributed by atoms with Crippen molar-refractivity contribution in [3.8, 4) is 0 Å². The average Bonchev–Trinajstić information content (AvgIpc) is 2.63. The van der Waals surface area contributed by atoms with E-state index in [1.807, 2.05) is 0 Å². The van der Waals surface area contributed by atoms with Crippen LogP contribution in [0.15, 0.2) is 34.2 Å². The number of aromatic amines is 1. The van der Waals surface area contributed by atoms with Crippen LogP contribution in [0, 0.1) is 5.82 Å². The van der Waals surface area contributed by atoms with E-state index in [4.69, 9.17) is 10.5 Å². The van der Waals surface area contributed by atoms with Gasteiger partial charge in [-0.25, -0.2) is 9.37 Å². The standard InChI is InChI=1S/C17H19FN4O4S/c1-3-11(16(25)26-4-2)27-17-21-13(19)12(15(24)22-17)20-14(23)9-7-5-6-8-10(9)18/h5-8,11H,3-4H2,1-2H3,(H,20,23)(H3,19,21,22,24)/t11-/m1/s1. The minimum absolute atomic E-state index is 0.112. The summed E-state index contributed by atoms with van der Waals surface area (Å²) in [7, 11) is 0. The Morgan fingerprint density at radius 3 is 2.67 bits per heavy atom. The molecule has 1 aromatic carbocycles. The Kier molecular flexibility index (Phi) is 6.94. The molecule has 0 aliphatic carbocycles. The fourth-order valence-electron chi connectivity index (χ4n) is 2.14. The van der Waals surface area contributed by atoms with Gasteiger partial charge in [0.1, 0.15) is 16.8 Å². The molecule has 27 heavy (non-hydrogen) atoms. The van der Waals surface area contributed by atoms with Gasteiger partial charge in [0.15, 0.2) is 11.0 Å². The normalized spacial score (nSPS) is 11.7. The predicted octanol–water partition coefficient (Wildman–Crippen LogP) is 2.18. The number of hydrogen-bond acceptors (Lipinski definition) is 7. The van der Waals surface area contributed by atoms with Crippen molar-refractivity contribution in [3.05, 3.63) is 46.0 Å². The van der Waals surface area contributed by atoms with Gasteiger partial charge in [0.05, 0.1) is 12.2 Å². The number of thioether (sulfide) groups is 1. The molecule has 0 fully saturated rings. The van der Waals surface area contributed by atoms with Gasteiger partial charge in [-0.1, -0.05) is 30.8 Å². The van der Waals surface area contributed by atoms with Crippen LogP contribution >= 0.6 is 11.8 Å². The third-order valence-corrected chi connectivity index (χ3v) is 4.68. The average molecular weight is 394 g/mol. The number of nitrogens with zero attached hydrogens (tertiary/aromatic N) is 1. The number of benzene rings is 1. The molecule has 0 radical (unpaired) electrons. The van der Waals surface area contributed by atoms with Crippen molar-refractivity contribution < 1.29 is 18.7 Å². The van der Waals surface area contributed by atoms with Crippen LogP contribution in [0.1, 0.15) is 30.6 Å². The Morgan fingerprint density at radius 1 is 1.37 bits per heavy atom. The molecule has 2 aromatic rings. The molecule has 0 unspecified atom stereocenters. The summed E-state index contributed by atoms with van der Waals surface area (Å²) in [6.45, 7) is 3.72. The zero-order chi connectivity index (χ0) is 20.0. The van der Waals surface area contributed by atoms with Gasteiger partial charge in [0.2, 0.25) is 0 Å². The summed E-state index contributed by atoms with van der Waals surface area (Å²) in [5.74, 6) is -2.23. The number of anilines is 2. The summed E-state index contributed by atoms with van der Waals surface area (Å²) in [4.78, 5) is 42.7. The third-order valence-electron chi connectivity index (χ3n) is 3.46. The maximum atomic E-state index is 13.7. The number of nitrogens with one attached hydrogen (secondary N) is 2. The molecule has 2 rings (SSSR count). The van der Waals surface area contributed by atoms with E-state index in [1.165, 1.54) is 18.2 Å². The van der Waals surface area contributed by atoms with E-state index in [9.17, 15) is 18.8 Å². The van der Waals surface area contributed by atoms with Gasteiger partial charge in [-0.2, -0.15) is 0 Å². The van der Waals surface area contributed by atoms with Crippen molar-refractivity contribution in [3.63, 3.8) is 0 Å². The predicted molar refractivity (Wildman–Crippen MR) is 100 cm³/mol. The molecule has 0 saturated carbocycles. The molecule has 0 aliphatic rings.